The molecule has 1 aromatic carbocycles. The van der Waals surface area contributed by atoms with Crippen molar-refractivity contribution < 1.29 is 14.6 Å². The molecule has 1 amide bonds. The van der Waals surface area contributed by atoms with Crippen LogP contribution >= 0.6 is 0 Å². The number of fused-ring (bicyclic) bond motifs is 1. The predicted octanol–water partition coefficient (Wildman–Crippen LogP) is 0.782. The first-order valence-corrected chi connectivity index (χ1v) is 6.52. The first-order chi connectivity index (χ1) is 9.20. The monoisotopic (exact) mass is 264 g/mol. The van der Waals surface area contributed by atoms with Gasteiger partial charge in [-0.25, -0.2) is 0 Å². The SMILES string of the molecule is COCC(O)CCNC(=O)c1ccc2c(c1)NCC2. The van der Waals surface area contributed by atoms with E-state index in [0.29, 0.717) is 25.1 Å². The average molecular weight is 264 g/mol. The number of aliphatic hydroxyl groups excluding tert-OH is 1. The van der Waals surface area contributed by atoms with Crippen LogP contribution < -0.4 is 10.6 Å². The van der Waals surface area contributed by atoms with Gasteiger partial charge >= 0.3 is 0 Å². The van der Waals surface area contributed by atoms with Gasteiger partial charge in [0.15, 0.2) is 0 Å². The van der Waals surface area contributed by atoms with Gasteiger partial charge in [0.1, 0.15) is 0 Å². The molecule has 104 valence electrons. The molecule has 0 bridgehead atoms. The standard InChI is InChI=1S/C14H20N2O3/c1-19-9-12(17)5-7-16-14(18)11-3-2-10-4-6-15-13(10)8-11/h2-3,8,12,15,17H,4-7,9H2,1H3,(H,16,18). The molecule has 1 aromatic rings. The number of ether oxygens (including phenoxy) is 1. The minimum absolute atomic E-state index is 0.110. The third kappa shape index (κ3) is 3.68. The summed E-state index contributed by atoms with van der Waals surface area (Å²) in [6.07, 6.45) is 0.968. The van der Waals surface area contributed by atoms with Gasteiger partial charge in [-0.15, -0.1) is 0 Å². The summed E-state index contributed by atoms with van der Waals surface area (Å²) in [5, 5.41) is 15.5. The van der Waals surface area contributed by atoms with Crippen molar-refractivity contribution in [3.05, 3.63) is 29.3 Å². The van der Waals surface area contributed by atoms with E-state index in [9.17, 15) is 9.90 Å². The molecule has 2 rings (SSSR count). The molecule has 0 aliphatic carbocycles. The minimum Gasteiger partial charge on any atom is -0.391 e. The van der Waals surface area contributed by atoms with Crippen LogP contribution in [0.25, 0.3) is 0 Å². The topological polar surface area (TPSA) is 70.6 Å². The zero-order valence-corrected chi connectivity index (χ0v) is 11.1. The number of hydrogen-bond donors (Lipinski definition) is 3. The van der Waals surface area contributed by atoms with Crippen LogP contribution in [0.5, 0.6) is 0 Å². The number of aliphatic hydroxyl groups is 1. The van der Waals surface area contributed by atoms with Gasteiger partial charge in [0, 0.05) is 31.5 Å². The van der Waals surface area contributed by atoms with Crippen molar-refractivity contribution in [2.45, 2.75) is 18.9 Å². The van der Waals surface area contributed by atoms with E-state index in [0.717, 1.165) is 18.7 Å². The lowest BCUT2D eigenvalue weighted by Crippen LogP contribution is -2.28. The summed E-state index contributed by atoms with van der Waals surface area (Å²) in [7, 11) is 1.54. The predicted molar refractivity (Wildman–Crippen MR) is 73.5 cm³/mol. The largest absolute Gasteiger partial charge is 0.391 e. The Balaban J connectivity index is 1.83. The van der Waals surface area contributed by atoms with E-state index in [1.54, 1.807) is 7.11 Å². The number of methoxy groups -OCH3 is 1. The summed E-state index contributed by atoms with van der Waals surface area (Å²) in [6.45, 7) is 1.66. The van der Waals surface area contributed by atoms with Crippen LogP contribution in [0.4, 0.5) is 5.69 Å². The summed E-state index contributed by atoms with van der Waals surface area (Å²) >= 11 is 0. The van der Waals surface area contributed by atoms with Crippen molar-refractivity contribution in [1.82, 2.24) is 5.32 Å². The Hall–Kier alpha value is -1.59. The Morgan fingerprint density at radius 2 is 2.42 bits per heavy atom. The number of anilines is 1. The lowest BCUT2D eigenvalue weighted by atomic mass is 10.1. The number of hydrogen-bond acceptors (Lipinski definition) is 4. The average Bonchev–Trinajstić information content (AvgIpc) is 2.86. The van der Waals surface area contributed by atoms with Gasteiger partial charge in [-0.3, -0.25) is 4.79 Å². The van der Waals surface area contributed by atoms with Crippen molar-refractivity contribution in [1.29, 1.82) is 0 Å². The normalized spacial score (nSPS) is 14.6. The molecule has 1 aliphatic heterocycles. The molecule has 19 heavy (non-hydrogen) atoms. The Bertz CT molecular complexity index is 448. The lowest BCUT2D eigenvalue weighted by Gasteiger charge is -2.10. The quantitative estimate of drug-likeness (QED) is 0.710. The summed E-state index contributed by atoms with van der Waals surface area (Å²) in [5.41, 5.74) is 2.95. The second kappa shape index (κ2) is 6.54. The number of carbonyl (C=O) groups excluding carboxylic acids is 1. The smallest absolute Gasteiger partial charge is 0.251 e. The maximum atomic E-state index is 11.9. The molecule has 0 saturated heterocycles. The Morgan fingerprint density at radius 1 is 1.58 bits per heavy atom. The van der Waals surface area contributed by atoms with Gasteiger partial charge in [-0.2, -0.15) is 0 Å². The fraction of sp³-hybridized carbons (Fsp3) is 0.500. The van der Waals surface area contributed by atoms with Gasteiger partial charge in [-0.05, 0) is 30.5 Å². The van der Waals surface area contributed by atoms with Crippen LogP contribution in [0.3, 0.4) is 0 Å². The maximum Gasteiger partial charge on any atom is 0.251 e. The van der Waals surface area contributed by atoms with Crippen LogP contribution in [0.2, 0.25) is 0 Å². The second-order valence-electron chi connectivity index (χ2n) is 4.70. The third-order valence-electron chi connectivity index (χ3n) is 3.20. The molecule has 5 nitrogen and oxygen atoms in total. The molecule has 0 aromatic heterocycles. The van der Waals surface area contributed by atoms with E-state index in [-0.39, 0.29) is 5.91 Å². The van der Waals surface area contributed by atoms with Crippen molar-refractivity contribution in [3.63, 3.8) is 0 Å². The molecule has 0 fully saturated rings. The van der Waals surface area contributed by atoms with Crippen LogP contribution in [-0.4, -0.2) is 43.9 Å². The highest BCUT2D eigenvalue weighted by Gasteiger charge is 2.13. The second-order valence-corrected chi connectivity index (χ2v) is 4.70. The molecule has 1 aliphatic rings. The molecule has 0 radical (unpaired) electrons. The Kier molecular flexibility index (Phi) is 4.76. The fourth-order valence-corrected chi connectivity index (χ4v) is 2.16. The maximum absolute atomic E-state index is 11.9. The van der Waals surface area contributed by atoms with E-state index < -0.39 is 6.10 Å². The molecule has 1 atom stereocenters. The van der Waals surface area contributed by atoms with E-state index in [4.69, 9.17) is 4.74 Å². The molecular formula is C14H20N2O3. The lowest BCUT2D eigenvalue weighted by molar-refractivity contribution is 0.0587. The minimum atomic E-state index is -0.535. The Morgan fingerprint density at radius 3 is 3.21 bits per heavy atom. The number of rotatable bonds is 6. The Labute approximate surface area is 113 Å². The highest BCUT2D eigenvalue weighted by molar-refractivity contribution is 5.95. The number of nitrogens with one attached hydrogen (secondary N) is 2. The summed E-state index contributed by atoms with van der Waals surface area (Å²) < 4.78 is 4.83. The highest BCUT2D eigenvalue weighted by atomic mass is 16.5. The zero-order chi connectivity index (χ0) is 13.7. The van der Waals surface area contributed by atoms with Gasteiger partial charge in [-0.1, -0.05) is 6.07 Å². The van der Waals surface area contributed by atoms with Crippen molar-refractivity contribution in [2.24, 2.45) is 0 Å². The van der Waals surface area contributed by atoms with Gasteiger partial charge in [0.2, 0.25) is 0 Å². The highest BCUT2D eigenvalue weighted by Crippen LogP contribution is 2.23. The van der Waals surface area contributed by atoms with Gasteiger partial charge in [0.05, 0.1) is 12.7 Å². The van der Waals surface area contributed by atoms with Crippen molar-refractivity contribution >= 4 is 11.6 Å². The summed E-state index contributed by atoms with van der Waals surface area (Å²) in [5.74, 6) is -0.110. The van der Waals surface area contributed by atoms with Gasteiger partial charge in [0.25, 0.3) is 5.91 Å². The molecule has 0 spiro atoms. The summed E-state index contributed by atoms with van der Waals surface area (Å²) in [6, 6.07) is 5.71. The van der Waals surface area contributed by atoms with Crippen molar-refractivity contribution in [3.8, 4) is 0 Å². The molecule has 1 unspecified atom stereocenters. The molecule has 1 heterocycles. The molecule has 3 N–H and O–H groups in total. The first kappa shape index (κ1) is 13.8. The van der Waals surface area contributed by atoms with E-state index in [1.807, 2.05) is 18.2 Å². The van der Waals surface area contributed by atoms with E-state index in [2.05, 4.69) is 10.6 Å². The van der Waals surface area contributed by atoms with Crippen LogP contribution in [0.15, 0.2) is 18.2 Å². The van der Waals surface area contributed by atoms with E-state index in [1.165, 1.54) is 5.56 Å². The van der Waals surface area contributed by atoms with Crippen LogP contribution in [0.1, 0.15) is 22.3 Å². The van der Waals surface area contributed by atoms with Crippen LogP contribution in [-0.2, 0) is 11.2 Å². The van der Waals surface area contributed by atoms with Crippen molar-refractivity contribution in [2.75, 3.05) is 32.1 Å². The number of amides is 1. The van der Waals surface area contributed by atoms with Crippen LogP contribution in [0, 0.1) is 0 Å². The fourth-order valence-electron chi connectivity index (χ4n) is 2.16. The zero-order valence-electron chi connectivity index (χ0n) is 11.1. The van der Waals surface area contributed by atoms with E-state index >= 15 is 0 Å². The number of benzene rings is 1. The summed E-state index contributed by atoms with van der Waals surface area (Å²) in [4.78, 5) is 11.9. The van der Waals surface area contributed by atoms with Gasteiger partial charge < -0.3 is 20.5 Å². The number of carbonyl (C=O) groups is 1. The first-order valence-electron chi connectivity index (χ1n) is 6.52. The molecule has 5 heteroatoms. The third-order valence-corrected chi connectivity index (χ3v) is 3.20. The molecular weight excluding hydrogens is 244 g/mol. The molecule has 0 saturated carbocycles.